The summed E-state index contributed by atoms with van der Waals surface area (Å²) in [4.78, 5) is 0. The predicted octanol–water partition coefficient (Wildman–Crippen LogP) is 3.38. The van der Waals surface area contributed by atoms with Crippen LogP contribution >= 0.6 is 15.9 Å². The number of methoxy groups -OCH3 is 1. The fourth-order valence-corrected chi connectivity index (χ4v) is 2.03. The van der Waals surface area contributed by atoms with Crippen LogP contribution in [-0.2, 0) is 4.74 Å². The Hall–Kier alpha value is -0.380. The molecule has 0 aliphatic rings. The van der Waals surface area contributed by atoms with E-state index in [1.165, 1.54) is 5.56 Å². The second-order valence-electron chi connectivity index (χ2n) is 4.25. The van der Waals surface area contributed by atoms with Gasteiger partial charge in [-0.05, 0) is 30.5 Å². The highest BCUT2D eigenvalue weighted by Crippen LogP contribution is 2.17. The summed E-state index contributed by atoms with van der Waals surface area (Å²) in [6, 6.07) is 8.78. The lowest BCUT2D eigenvalue weighted by Gasteiger charge is -2.17. The number of halogens is 1. The molecule has 0 fully saturated rings. The molecule has 1 unspecified atom stereocenters. The average molecular weight is 286 g/mol. The molecule has 1 aromatic rings. The van der Waals surface area contributed by atoms with Crippen molar-refractivity contribution in [2.75, 3.05) is 20.3 Å². The first-order valence-electron chi connectivity index (χ1n) is 5.61. The molecule has 0 heterocycles. The van der Waals surface area contributed by atoms with Gasteiger partial charge in [0.25, 0.3) is 0 Å². The largest absolute Gasteiger partial charge is 0.384 e. The summed E-state index contributed by atoms with van der Waals surface area (Å²) in [6.07, 6.45) is 0. The topological polar surface area (TPSA) is 21.3 Å². The molecule has 2 nitrogen and oxygen atoms in total. The zero-order valence-electron chi connectivity index (χ0n) is 10.2. The molecule has 0 spiro atoms. The molecule has 0 saturated carbocycles. The minimum Gasteiger partial charge on any atom is -0.384 e. The Morgan fingerprint density at radius 2 is 2.12 bits per heavy atom. The monoisotopic (exact) mass is 285 g/mol. The first kappa shape index (κ1) is 13.7. The molecule has 16 heavy (non-hydrogen) atoms. The van der Waals surface area contributed by atoms with Crippen LogP contribution in [-0.4, -0.2) is 20.3 Å². The van der Waals surface area contributed by atoms with E-state index in [0.29, 0.717) is 12.0 Å². The Balaban J connectivity index is 2.43. The highest BCUT2D eigenvalue weighted by atomic mass is 79.9. The lowest BCUT2D eigenvalue weighted by Crippen LogP contribution is -2.26. The van der Waals surface area contributed by atoms with E-state index in [9.17, 15) is 0 Å². The van der Waals surface area contributed by atoms with Gasteiger partial charge < -0.3 is 10.1 Å². The maximum atomic E-state index is 5.11. The lowest BCUT2D eigenvalue weighted by atomic mass is 10.1. The molecule has 0 aliphatic heterocycles. The normalized spacial score (nSPS) is 14.8. The highest BCUT2D eigenvalue weighted by Gasteiger charge is 2.07. The fourth-order valence-electron chi connectivity index (χ4n) is 1.62. The van der Waals surface area contributed by atoms with Crippen molar-refractivity contribution in [3.63, 3.8) is 0 Å². The lowest BCUT2D eigenvalue weighted by molar-refractivity contribution is 0.157. The number of ether oxygens (including phenoxy) is 1. The molecular formula is C13H20BrNO. The summed E-state index contributed by atoms with van der Waals surface area (Å²) in [5.74, 6) is 0.541. The predicted molar refractivity (Wildman–Crippen MR) is 71.6 cm³/mol. The number of benzene rings is 1. The molecule has 0 aromatic heterocycles. The van der Waals surface area contributed by atoms with Gasteiger partial charge in [-0.1, -0.05) is 35.0 Å². The van der Waals surface area contributed by atoms with Crippen LogP contribution in [0.1, 0.15) is 25.5 Å². The number of rotatable bonds is 6. The van der Waals surface area contributed by atoms with E-state index < -0.39 is 0 Å². The maximum Gasteiger partial charge on any atom is 0.0499 e. The van der Waals surface area contributed by atoms with Crippen LogP contribution in [0.2, 0.25) is 0 Å². The third-order valence-corrected chi connectivity index (χ3v) is 3.07. The minimum absolute atomic E-state index is 0.372. The Bertz CT molecular complexity index is 317. The van der Waals surface area contributed by atoms with Crippen molar-refractivity contribution in [1.29, 1.82) is 0 Å². The van der Waals surface area contributed by atoms with Gasteiger partial charge in [0, 0.05) is 30.8 Å². The molecular weight excluding hydrogens is 266 g/mol. The maximum absolute atomic E-state index is 5.11. The van der Waals surface area contributed by atoms with Crippen molar-refractivity contribution >= 4 is 15.9 Å². The Morgan fingerprint density at radius 3 is 2.75 bits per heavy atom. The molecule has 0 aliphatic carbocycles. The molecule has 0 bridgehead atoms. The van der Waals surface area contributed by atoms with Crippen molar-refractivity contribution in [2.45, 2.75) is 19.9 Å². The number of hydrogen-bond acceptors (Lipinski definition) is 2. The third-order valence-electron chi connectivity index (χ3n) is 2.57. The zero-order valence-corrected chi connectivity index (χ0v) is 11.8. The van der Waals surface area contributed by atoms with E-state index in [1.807, 2.05) is 6.07 Å². The van der Waals surface area contributed by atoms with Crippen molar-refractivity contribution in [3.05, 3.63) is 34.3 Å². The van der Waals surface area contributed by atoms with Gasteiger partial charge in [-0.2, -0.15) is 0 Å². The molecule has 0 radical (unpaired) electrons. The van der Waals surface area contributed by atoms with Crippen molar-refractivity contribution in [2.24, 2.45) is 5.92 Å². The summed E-state index contributed by atoms with van der Waals surface area (Å²) in [6.45, 7) is 6.14. The van der Waals surface area contributed by atoms with E-state index in [2.05, 4.69) is 53.3 Å². The van der Waals surface area contributed by atoms with Crippen LogP contribution in [0, 0.1) is 5.92 Å². The third kappa shape index (κ3) is 4.64. The first-order valence-corrected chi connectivity index (χ1v) is 6.40. The summed E-state index contributed by atoms with van der Waals surface area (Å²) >= 11 is 3.49. The fraction of sp³-hybridized carbons (Fsp3) is 0.538. The molecule has 0 saturated heterocycles. The van der Waals surface area contributed by atoms with Crippen LogP contribution in [0.3, 0.4) is 0 Å². The van der Waals surface area contributed by atoms with Crippen LogP contribution in [0.15, 0.2) is 28.7 Å². The number of hydrogen-bond donors (Lipinski definition) is 1. The first-order chi connectivity index (χ1) is 7.63. The summed E-state index contributed by atoms with van der Waals surface area (Å²) in [5, 5.41) is 3.51. The van der Waals surface area contributed by atoms with Gasteiger partial charge in [0.05, 0.1) is 0 Å². The quantitative estimate of drug-likeness (QED) is 0.865. The second kappa shape index (κ2) is 7.05. The van der Waals surface area contributed by atoms with E-state index >= 15 is 0 Å². The summed E-state index contributed by atoms with van der Waals surface area (Å²) in [5.41, 5.74) is 1.30. The molecule has 1 N–H and O–H groups in total. The van der Waals surface area contributed by atoms with Gasteiger partial charge in [-0.25, -0.2) is 0 Å². The summed E-state index contributed by atoms with van der Waals surface area (Å²) in [7, 11) is 1.74. The van der Waals surface area contributed by atoms with Gasteiger partial charge in [0.1, 0.15) is 0 Å². The Kier molecular flexibility index (Phi) is 6.03. The van der Waals surface area contributed by atoms with E-state index in [0.717, 1.165) is 17.6 Å². The minimum atomic E-state index is 0.372. The van der Waals surface area contributed by atoms with Gasteiger partial charge in [-0.15, -0.1) is 0 Å². The van der Waals surface area contributed by atoms with Crippen LogP contribution in [0.5, 0.6) is 0 Å². The molecule has 1 aromatic carbocycles. The van der Waals surface area contributed by atoms with Gasteiger partial charge in [0.15, 0.2) is 0 Å². The van der Waals surface area contributed by atoms with Crippen molar-refractivity contribution in [1.82, 2.24) is 5.32 Å². The molecule has 90 valence electrons. The smallest absolute Gasteiger partial charge is 0.0499 e. The standard InChI is InChI=1S/C13H20BrNO/c1-10(9-16-3)8-15-11(2)12-5-4-6-13(14)7-12/h4-7,10-11,15H,8-9H2,1-3H3/t10?,11-/m1/s1. The average Bonchev–Trinajstić information content (AvgIpc) is 2.26. The van der Waals surface area contributed by atoms with Crippen LogP contribution < -0.4 is 5.32 Å². The second-order valence-corrected chi connectivity index (χ2v) is 5.16. The van der Waals surface area contributed by atoms with E-state index in [-0.39, 0.29) is 0 Å². The SMILES string of the molecule is COCC(C)CN[C@H](C)c1cccc(Br)c1. The van der Waals surface area contributed by atoms with E-state index in [4.69, 9.17) is 4.74 Å². The summed E-state index contributed by atoms with van der Waals surface area (Å²) < 4.78 is 6.24. The van der Waals surface area contributed by atoms with Gasteiger partial charge >= 0.3 is 0 Å². The molecule has 3 heteroatoms. The molecule has 1 rings (SSSR count). The number of nitrogens with one attached hydrogen (secondary N) is 1. The van der Waals surface area contributed by atoms with Gasteiger partial charge in [0.2, 0.25) is 0 Å². The molecule has 0 amide bonds. The Labute approximate surface area is 107 Å². The van der Waals surface area contributed by atoms with Crippen molar-refractivity contribution in [3.8, 4) is 0 Å². The Morgan fingerprint density at radius 1 is 1.38 bits per heavy atom. The highest BCUT2D eigenvalue weighted by molar-refractivity contribution is 9.10. The van der Waals surface area contributed by atoms with Gasteiger partial charge in [-0.3, -0.25) is 0 Å². The van der Waals surface area contributed by atoms with E-state index in [1.54, 1.807) is 7.11 Å². The van der Waals surface area contributed by atoms with Crippen LogP contribution in [0.4, 0.5) is 0 Å². The van der Waals surface area contributed by atoms with Crippen molar-refractivity contribution < 1.29 is 4.74 Å². The van der Waals surface area contributed by atoms with Crippen LogP contribution in [0.25, 0.3) is 0 Å². The molecule has 2 atom stereocenters. The zero-order chi connectivity index (χ0) is 12.0.